The number of fused-ring (bicyclic) bond motifs is 1. The molecule has 0 aliphatic rings. The molecular weight excluding hydrogens is 674 g/mol. The van der Waals surface area contributed by atoms with Crippen molar-refractivity contribution in [3.05, 3.63) is 93.0 Å². The number of thiazole rings is 1. The fraction of sp³-hybridized carbons (Fsp3) is 0.258. The van der Waals surface area contributed by atoms with Crippen LogP contribution in [0.25, 0.3) is 22.2 Å². The van der Waals surface area contributed by atoms with E-state index in [1.54, 1.807) is 31.2 Å². The molecule has 0 unspecified atom stereocenters. The molecule has 0 aliphatic carbocycles. The molecule has 0 fully saturated rings. The number of rotatable bonds is 14. The first-order chi connectivity index (χ1) is 21.2. The van der Waals surface area contributed by atoms with Gasteiger partial charge >= 0.3 is 0 Å². The van der Waals surface area contributed by atoms with Gasteiger partial charge in [-0.05, 0) is 64.3 Å². The molecule has 44 heavy (non-hydrogen) atoms. The summed E-state index contributed by atoms with van der Waals surface area (Å²) in [6, 6.07) is 14.7. The Kier molecular flexibility index (Phi) is 10.5. The summed E-state index contributed by atoms with van der Waals surface area (Å²) >= 11 is 4.96. The molecule has 5 aromatic rings. The summed E-state index contributed by atoms with van der Waals surface area (Å²) in [5.74, 6) is 0.444. The number of ether oxygens (including phenoxy) is 2. The summed E-state index contributed by atoms with van der Waals surface area (Å²) in [7, 11) is -3.04. The van der Waals surface area contributed by atoms with Crippen LogP contribution in [0.2, 0.25) is 0 Å². The van der Waals surface area contributed by atoms with Crippen molar-refractivity contribution in [1.29, 1.82) is 0 Å². The number of sulfone groups is 1. The van der Waals surface area contributed by atoms with Crippen LogP contribution < -0.4 is 10.1 Å². The Bertz CT molecular complexity index is 1870. The molecule has 0 spiro atoms. The third kappa shape index (κ3) is 8.35. The van der Waals surface area contributed by atoms with Crippen LogP contribution in [-0.2, 0) is 27.6 Å². The van der Waals surface area contributed by atoms with Gasteiger partial charge in [0.1, 0.15) is 36.1 Å². The number of aryl methyl sites for hydroxylation is 1. The zero-order chi connectivity index (χ0) is 31.1. The van der Waals surface area contributed by atoms with Gasteiger partial charge in [-0.15, -0.1) is 11.3 Å². The van der Waals surface area contributed by atoms with Crippen LogP contribution in [0.4, 0.5) is 20.3 Å². The lowest BCUT2D eigenvalue weighted by molar-refractivity contribution is 0.146. The van der Waals surface area contributed by atoms with Crippen LogP contribution in [0.3, 0.4) is 0 Å². The van der Waals surface area contributed by atoms with E-state index in [9.17, 15) is 12.8 Å². The molecular formula is C31H29BrF2N4O4S2. The Morgan fingerprint density at radius 1 is 1.05 bits per heavy atom. The normalized spacial score (nSPS) is 11.6. The van der Waals surface area contributed by atoms with Gasteiger partial charge in [0.05, 0.1) is 33.1 Å². The van der Waals surface area contributed by atoms with Crippen molar-refractivity contribution in [3.63, 3.8) is 0 Å². The number of anilines is 2. The number of nitrogens with one attached hydrogen (secondary N) is 1. The Hall–Kier alpha value is -3.52. The average molecular weight is 704 g/mol. The molecule has 13 heteroatoms. The van der Waals surface area contributed by atoms with E-state index < -0.39 is 15.7 Å². The molecule has 0 bridgehead atoms. The Labute approximate surface area is 266 Å². The lowest BCUT2D eigenvalue weighted by Crippen LogP contribution is -2.14. The molecule has 0 radical (unpaired) electrons. The van der Waals surface area contributed by atoms with Gasteiger partial charge in [-0.25, -0.2) is 32.2 Å². The van der Waals surface area contributed by atoms with Crippen LogP contribution in [0.5, 0.6) is 5.75 Å². The maximum atomic E-state index is 15.2. The van der Waals surface area contributed by atoms with Crippen molar-refractivity contribution < 1.29 is 26.7 Å². The topological polar surface area (TPSA) is 103 Å². The lowest BCUT2D eigenvalue weighted by Gasteiger charge is -2.13. The Balaban J connectivity index is 1.25. The molecule has 0 saturated heterocycles. The summed E-state index contributed by atoms with van der Waals surface area (Å²) in [5, 5.41) is 6.54. The monoisotopic (exact) mass is 702 g/mol. The van der Waals surface area contributed by atoms with E-state index in [0.717, 1.165) is 5.01 Å². The first-order valence-electron chi connectivity index (χ1n) is 13.8. The van der Waals surface area contributed by atoms with Gasteiger partial charge in [0.2, 0.25) is 0 Å². The number of hydrogen-bond donors (Lipinski definition) is 1. The van der Waals surface area contributed by atoms with Crippen molar-refractivity contribution >= 4 is 59.5 Å². The van der Waals surface area contributed by atoms with Crippen LogP contribution in [0.1, 0.15) is 23.9 Å². The molecule has 2 heterocycles. The molecule has 3 aromatic carbocycles. The van der Waals surface area contributed by atoms with E-state index in [4.69, 9.17) is 9.47 Å². The van der Waals surface area contributed by atoms with Gasteiger partial charge in [-0.1, -0.05) is 19.1 Å². The molecule has 230 valence electrons. The number of aromatic nitrogens is 3. The summed E-state index contributed by atoms with van der Waals surface area (Å²) < 4.78 is 63.8. The van der Waals surface area contributed by atoms with Crippen LogP contribution in [0.15, 0.2) is 70.8 Å². The van der Waals surface area contributed by atoms with Gasteiger partial charge in [0.15, 0.2) is 9.84 Å². The largest absolute Gasteiger partial charge is 0.488 e. The quantitative estimate of drug-likeness (QED) is 0.119. The number of hydrogen-bond acceptors (Lipinski definition) is 9. The van der Waals surface area contributed by atoms with Crippen LogP contribution in [0, 0.1) is 11.6 Å². The van der Waals surface area contributed by atoms with Crippen molar-refractivity contribution in [2.24, 2.45) is 0 Å². The van der Waals surface area contributed by atoms with Crippen LogP contribution in [-0.4, -0.2) is 48.1 Å². The molecule has 8 nitrogen and oxygen atoms in total. The molecule has 0 aliphatic heterocycles. The maximum absolute atomic E-state index is 15.2. The minimum absolute atomic E-state index is 0.0156. The third-order valence-electron chi connectivity index (χ3n) is 6.69. The summed E-state index contributed by atoms with van der Waals surface area (Å²) in [4.78, 5) is 13.3. The molecule has 0 amide bonds. The fourth-order valence-electron chi connectivity index (χ4n) is 4.30. The Morgan fingerprint density at radius 2 is 1.91 bits per heavy atom. The van der Waals surface area contributed by atoms with E-state index in [1.807, 2.05) is 17.5 Å². The highest BCUT2D eigenvalue weighted by molar-refractivity contribution is 9.10. The van der Waals surface area contributed by atoms with Gasteiger partial charge < -0.3 is 14.8 Å². The zero-order valence-electron chi connectivity index (χ0n) is 23.7. The molecule has 2 aromatic heterocycles. The van der Waals surface area contributed by atoms with Gasteiger partial charge in [0.25, 0.3) is 0 Å². The van der Waals surface area contributed by atoms with Crippen molar-refractivity contribution in [3.8, 4) is 17.0 Å². The average Bonchev–Trinajstić information content (AvgIpc) is 3.47. The predicted molar refractivity (Wildman–Crippen MR) is 172 cm³/mol. The highest BCUT2D eigenvalue weighted by Crippen LogP contribution is 2.34. The maximum Gasteiger partial charge on any atom is 0.152 e. The second-order valence-electron chi connectivity index (χ2n) is 9.84. The van der Waals surface area contributed by atoms with E-state index in [0.29, 0.717) is 68.9 Å². The minimum atomic E-state index is -3.04. The second-order valence-corrected chi connectivity index (χ2v) is 14.1. The third-order valence-corrected chi connectivity index (χ3v) is 9.88. The first kappa shape index (κ1) is 31.9. The molecule has 5 rings (SSSR count). The zero-order valence-corrected chi connectivity index (χ0v) is 26.9. The minimum Gasteiger partial charge on any atom is -0.488 e. The summed E-state index contributed by atoms with van der Waals surface area (Å²) in [6.45, 7) is 2.42. The van der Waals surface area contributed by atoms with E-state index in [1.165, 1.54) is 35.9 Å². The Morgan fingerprint density at radius 3 is 2.70 bits per heavy atom. The summed E-state index contributed by atoms with van der Waals surface area (Å²) in [6.07, 6.45) is 2.68. The number of halogens is 3. The molecule has 0 atom stereocenters. The van der Waals surface area contributed by atoms with Crippen LogP contribution >= 0.6 is 27.3 Å². The molecule has 1 N–H and O–H groups in total. The predicted octanol–water partition coefficient (Wildman–Crippen LogP) is 7.50. The van der Waals surface area contributed by atoms with Gasteiger partial charge in [-0.2, -0.15) is 0 Å². The highest BCUT2D eigenvalue weighted by Gasteiger charge is 2.15. The van der Waals surface area contributed by atoms with Crippen molar-refractivity contribution in [2.75, 3.05) is 30.0 Å². The number of benzene rings is 3. The summed E-state index contributed by atoms with van der Waals surface area (Å²) in [5.41, 5.74) is 2.72. The van der Waals surface area contributed by atoms with Crippen molar-refractivity contribution in [1.82, 2.24) is 15.0 Å². The fourth-order valence-corrected chi connectivity index (χ4v) is 6.30. The number of nitrogens with zero attached hydrogens (tertiary/aromatic N) is 3. The first-order valence-corrected chi connectivity index (χ1v) is 17.3. The van der Waals surface area contributed by atoms with E-state index in [2.05, 4.69) is 36.2 Å². The smallest absolute Gasteiger partial charge is 0.152 e. The highest BCUT2D eigenvalue weighted by atomic mass is 79.9. The van der Waals surface area contributed by atoms with Gasteiger partial charge in [0, 0.05) is 46.9 Å². The lowest BCUT2D eigenvalue weighted by atomic mass is 10.1. The van der Waals surface area contributed by atoms with E-state index in [-0.39, 0.29) is 30.5 Å². The second kappa shape index (κ2) is 14.5. The SMILES string of the molecule is CCS(=O)(=O)CCOCCCc1nc(-c2cc3c(Nc4ccc(OCc5cccc(F)c5)c(Br)c4)ncnc3cc2F)cs1. The standard InChI is InChI=1S/C31H29BrF2N4O4S2/c1-2-44(39,40)12-11-41-10-4-7-30-38-28(18-43-30)23-15-24-27(16-26(23)34)35-19-36-31(24)37-22-8-9-29(25(32)14-22)42-17-20-5-3-6-21(33)13-20/h3,5-6,8-9,13-16,18-19H,2,4,7,10-12,17H2,1H3,(H,35,36,37). The van der Waals surface area contributed by atoms with E-state index >= 15 is 4.39 Å². The van der Waals surface area contributed by atoms with Gasteiger partial charge in [-0.3, -0.25) is 0 Å². The van der Waals surface area contributed by atoms with Crippen molar-refractivity contribution in [2.45, 2.75) is 26.4 Å². The molecule has 0 saturated carbocycles.